The Morgan fingerprint density at radius 2 is 2.18 bits per heavy atom. The topological polar surface area (TPSA) is 50.8 Å². The Labute approximate surface area is 131 Å². The predicted molar refractivity (Wildman–Crippen MR) is 84.8 cm³/mol. The molecule has 1 N–H and O–H groups in total. The molecule has 1 aromatic carbocycles. The Morgan fingerprint density at radius 3 is 2.86 bits per heavy atom. The molecule has 1 aliphatic carbocycles. The highest BCUT2D eigenvalue weighted by Gasteiger charge is 2.35. The SMILES string of the molecule is COCc1ccccc1NC(=O)N(CC1CCOC1)C1CC1. The van der Waals surface area contributed by atoms with Gasteiger partial charge in [-0.3, -0.25) is 0 Å². The van der Waals surface area contributed by atoms with Crippen molar-refractivity contribution in [2.75, 3.05) is 32.2 Å². The number of methoxy groups -OCH3 is 1. The predicted octanol–water partition coefficient (Wildman–Crippen LogP) is 2.87. The Bertz CT molecular complexity index is 510. The molecule has 2 fully saturated rings. The maximum atomic E-state index is 12.7. The molecule has 2 aliphatic rings. The zero-order chi connectivity index (χ0) is 15.4. The van der Waals surface area contributed by atoms with E-state index in [-0.39, 0.29) is 6.03 Å². The molecule has 120 valence electrons. The molecule has 22 heavy (non-hydrogen) atoms. The summed E-state index contributed by atoms with van der Waals surface area (Å²) >= 11 is 0. The van der Waals surface area contributed by atoms with Crippen LogP contribution in [0.4, 0.5) is 10.5 Å². The van der Waals surface area contributed by atoms with Gasteiger partial charge in [0.15, 0.2) is 0 Å². The third kappa shape index (κ3) is 3.78. The van der Waals surface area contributed by atoms with Gasteiger partial charge in [-0.15, -0.1) is 0 Å². The number of benzene rings is 1. The zero-order valence-corrected chi connectivity index (χ0v) is 13.1. The molecule has 1 saturated carbocycles. The number of rotatable bonds is 6. The van der Waals surface area contributed by atoms with Crippen LogP contribution in [0.1, 0.15) is 24.8 Å². The van der Waals surface area contributed by atoms with E-state index in [9.17, 15) is 4.79 Å². The maximum Gasteiger partial charge on any atom is 0.322 e. The van der Waals surface area contributed by atoms with Gasteiger partial charge in [0.25, 0.3) is 0 Å². The number of urea groups is 1. The molecular formula is C17H24N2O3. The van der Waals surface area contributed by atoms with E-state index in [1.54, 1.807) is 7.11 Å². The van der Waals surface area contributed by atoms with Crippen LogP contribution in [0.2, 0.25) is 0 Å². The van der Waals surface area contributed by atoms with Gasteiger partial charge in [0.2, 0.25) is 0 Å². The average molecular weight is 304 g/mol. The maximum absolute atomic E-state index is 12.7. The number of para-hydroxylation sites is 1. The van der Waals surface area contributed by atoms with E-state index < -0.39 is 0 Å². The molecule has 5 heteroatoms. The van der Waals surface area contributed by atoms with Crippen LogP contribution in [-0.4, -0.2) is 43.8 Å². The number of carbonyl (C=O) groups is 1. The number of nitrogens with one attached hydrogen (secondary N) is 1. The molecule has 5 nitrogen and oxygen atoms in total. The van der Waals surface area contributed by atoms with E-state index in [0.29, 0.717) is 18.6 Å². The summed E-state index contributed by atoms with van der Waals surface area (Å²) in [7, 11) is 1.66. The molecule has 1 atom stereocenters. The lowest BCUT2D eigenvalue weighted by atomic mass is 10.1. The number of ether oxygens (including phenoxy) is 2. The number of anilines is 1. The van der Waals surface area contributed by atoms with Crippen molar-refractivity contribution in [3.63, 3.8) is 0 Å². The van der Waals surface area contributed by atoms with Crippen molar-refractivity contribution in [1.29, 1.82) is 0 Å². The second kappa shape index (κ2) is 7.11. The molecule has 3 rings (SSSR count). The second-order valence-electron chi connectivity index (χ2n) is 6.13. The second-order valence-corrected chi connectivity index (χ2v) is 6.13. The van der Waals surface area contributed by atoms with E-state index in [2.05, 4.69) is 5.32 Å². The normalized spacial score (nSPS) is 20.9. The highest BCUT2D eigenvalue weighted by atomic mass is 16.5. The van der Waals surface area contributed by atoms with Crippen LogP contribution in [0.3, 0.4) is 0 Å². The Hall–Kier alpha value is -1.59. The molecular weight excluding hydrogens is 280 g/mol. The Morgan fingerprint density at radius 1 is 1.36 bits per heavy atom. The quantitative estimate of drug-likeness (QED) is 0.879. The van der Waals surface area contributed by atoms with E-state index in [0.717, 1.165) is 50.3 Å². The van der Waals surface area contributed by atoms with E-state index in [1.165, 1.54) is 0 Å². The molecule has 1 saturated heterocycles. The zero-order valence-electron chi connectivity index (χ0n) is 13.1. The lowest BCUT2D eigenvalue weighted by Crippen LogP contribution is -2.40. The van der Waals surface area contributed by atoms with Gasteiger partial charge in [-0.25, -0.2) is 4.79 Å². The summed E-state index contributed by atoms with van der Waals surface area (Å²) < 4.78 is 10.6. The smallest absolute Gasteiger partial charge is 0.322 e. The van der Waals surface area contributed by atoms with Crippen molar-refractivity contribution < 1.29 is 14.3 Å². The van der Waals surface area contributed by atoms with E-state index >= 15 is 0 Å². The monoisotopic (exact) mass is 304 g/mol. The van der Waals surface area contributed by atoms with Gasteiger partial charge in [0, 0.05) is 43.5 Å². The molecule has 1 aromatic rings. The van der Waals surface area contributed by atoms with Gasteiger partial charge in [0.1, 0.15) is 0 Å². The standard InChI is InChI=1S/C17H24N2O3/c1-21-12-14-4-2-3-5-16(14)18-17(20)19(15-6-7-15)10-13-8-9-22-11-13/h2-5,13,15H,6-12H2,1H3,(H,18,20). The third-order valence-electron chi connectivity index (χ3n) is 4.29. The van der Waals surface area contributed by atoms with Crippen LogP contribution < -0.4 is 5.32 Å². The summed E-state index contributed by atoms with van der Waals surface area (Å²) in [5, 5.41) is 3.06. The Kier molecular flexibility index (Phi) is 4.95. The summed E-state index contributed by atoms with van der Waals surface area (Å²) in [5.74, 6) is 0.473. The van der Waals surface area contributed by atoms with Gasteiger partial charge in [-0.2, -0.15) is 0 Å². The van der Waals surface area contributed by atoms with E-state index in [4.69, 9.17) is 9.47 Å². The van der Waals surface area contributed by atoms with Crippen molar-refractivity contribution in [2.24, 2.45) is 5.92 Å². The number of hydrogen-bond acceptors (Lipinski definition) is 3. The van der Waals surface area contributed by atoms with Crippen LogP contribution in [0.15, 0.2) is 24.3 Å². The fraction of sp³-hybridized carbons (Fsp3) is 0.588. The molecule has 0 radical (unpaired) electrons. The minimum absolute atomic E-state index is 0.00190. The van der Waals surface area contributed by atoms with Crippen molar-refractivity contribution >= 4 is 11.7 Å². The molecule has 1 heterocycles. The van der Waals surface area contributed by atoms with Gasteiger partial charge >= 0.3 is 6.03 Å². The van der Waals surface area contributed by atoms with Crippen molar-refractivity contribution in [3.05, 3.63) is 29.8 Å². The molecule has 1 unspecified atom stereocenters. The summed E-state index contributed by atoms with van der Waals surface area (Å²) in [5.41, 5.74) is 1.83. The lowest BCUT2D eigenvalue weighted by Gasteiger charge is -2.26. The molecule has 0 spiro atoms. The summed E-state index contributed by atoms with van der Waals surface area (Å²) in [6.07, 6.45) is 3.28. The molecule has 0 bridgehead atoms. The first-order valence-electron chi connectivity index (χ1n) is 8.00. The highest BCUT2D eigenvalue weighted by molar-refractivity contribution is 5.90. The first-order valence-corrected chi connectivity index (χ1v) is 8.00. The van der Waals surface area contributed by atoms with Crippen LogP contribution in [-0.2, 0) is 16.1 Å². The van der Waals surface area contributed by atoms with Crippen LogP contribution >= 0.6 is 0 Å². The van der Waals surface area contributed by atoms with Crippen molar-refractivity contribution in [3.8, 4) is 0 Å². The third-order valence-corrected chi connectivity index (χ3v) is 4.29. The summed E-state index contributed by atoms with van der Waals surface area (Å²) in [4.78, 5) is 14.7. The fourth-order valence-electron chi connectivity index (χ4n) is 2.90. The van der Waals surface area contributed by atoms with E-state index in [1.807, 2.05) is 29.2 Å². The van der Waals surface area contributed by atoms with Crippen LogP contribution in [0.5, 0.6) is 0 Å². The van der Waals surface area contributed by atoms with Crippen molar-refractivity contribution in [1.82, 2.24) is 4.90 Å². The average Bonchev–Trinajstić information content (AvgIpc) is 3.23. The van der Waals surface area contributed by atoms with Gasteiger partial charge in [-0.1, -0.05) is 18.2 Å². The fourth-order valence-corrected chi connectivity index (χ4v) is 2.90. The van der Waals surface area contributed by atoms with Crippen molar-refractivity contribution in [2.45, 2.75) is 31.9 Å². The van der Waals surface area contributed by atoms with Gasteiger partial charge in [0.05, 0.1) is 13.2 Å². The minimum Gasteiger partial charge on any atom is -0.381 e. The largest absolute Gasteiger partial charge is 0.381 e. The first kappa shape index (κ1) is 15.3. The lowest BCUT2D eigenvalue weighted by molar-refractivity contribution is 0.167. The molecule has 1 aliphatic heterocycles. The molecule has 2 amide bonds. The Balaban J connectivity index is 1.65. The number of nitrogens with zero attached hydrogens (tertiary/aromatic N) is 1. The number of carbonyl (C=O) groups excluding carboxylic acids is 1. The van der Waals surface area contributed by atoms with Gasteiger partial charge in [-0.05, 0) is 25.3 Å². The molecule has 0 aromatic heterocycles. The highest BCUT2D eigenvalue weighted by Crippen LogP contribution is 2.30. The minimum atomic E-state index is -0.00190. The summed E-state index contributed by atoms with van der Waals surface area (Å²) in [6, 6.07) is 8.19. The number of amides is 2. The van der Waals surface area contributed by atoms with Crippen LogP contribution in [0, 0.1) is 5.92 Å². The first-order chi connectivity index (χ1) is 10.8. The summed E-state index contributed by atoms with van der Waals surface area (Å²) in [6.45, 7) is 2.89. The number of hydrogen-bond donors (Lipinski definition) is 1. The van der Waals surface area contributed by atoms with Gasteiger partial charge < -0.3 is 19.7 Å². The van der Waals surface area contributed by atoms with Crippen LogP contribution in [0.25, 0.3) is 0 Å².